The molecule has 0 bridgehead atoms. The minimum absolute atomic E-state index is 0.239. The molecule has 0 aliphatic heterocycles. The van der Waals surface area contributed by atoms with Crippen LogP contribution in [0.1, 0.15) is 65.4 Å². The third kappa shape index (κ3) is 4.30. The molecule has 1 aromatic rings. The molecule has 135 valence electrons. The molecule has 25 heavy (non-hydrogen) atoms. The number of hydrogen-bond donors (Lipinski definition) is 1. The van der Waals surface area contributed by atoms with Crippen LogP contribution in [0.5, 0.6) is 0 Å². The summed E-state index contributed by atoms with van der Waals surface area (Å²) < 4.78 is 6.19. The summed E-state index contributed by atoms with van der Waals surface area (Å²) in [6.07, 6.45) is 7.12. The monoisotopic (exact) mass is 388 g/mol. The van der Waals surface area contributed by atoms with Crippen LogP contribution in [0.3, 0.4) is 0 Å². The molecular weight excluding hydrogens is 354 g/mol. The Morgan fingerprint density at radius 1 is 0.960 bits per heavy atom. The fourth-order valence-electron chi connectivity index (χ4n) is 4.57. The van der Waals surface area contributed by atoms with Crippen molar-refractivity contribution in [3.8, 4) is 0 Å². The van der Waals surface area contributed by atoms with E-state index in [1.807, 2.05) is 3.88 Å². The van der Waals surface area contributed by atoms with E-state index < -0.39 is 17.4 Å². The Labute approximate surface area is 162 Å². The standard InChI is InChI=1S/C9H13.C7H9Si.C6H12N.Ti/c1-6-5-7(2)9(4)8(6)3;1-6-4-2-3-5-7(6)8;7-6-4-2-1-3-5-6;/h6H,1-4H3;2-5H,8H2,1H3;6-7H,1-5H2;/q;;-1;+1. The van der Waals surface area contributed by atoms with Crippen molar-refractivity contribution in [3.05, 3.63) is 50.4 Å². The number of benzene rings is 1. The zero-order valence-electron chi connectivity index (χ0n) is 16.7. The molecule has 3 heteroatoms. The molecule has 2 aliphatic carbocycles. The predicted molar refractivity (Wildman–Crippen MR) is 110 cm³/mol. The van der Waals surface area contributed by atoms with Crippen LogP contribution < -0.4 is 8.99 Å². The summed E-state index contributed by atoms with van der Waals surface area (Å²) in [5.74, 6) is 0.683. The molecule has 1 N–H and O–H groups in total. The molecule has 1 saturated carbocycles. The van der Waals surface area contributed by atoms with Crippen LogP contribution in [-0.2, 0) is 17.4 Å². The first-order chi connectivity index (χ1) is 12.0. The Kier molecular flexibility index (Phi) is 6.60. The average Bonchev–Trinajstić information content (AvgIpc) is 2.80. The van der Waals surface area contributed by atoms with Crippen molar-refractivity contribution in [1.29, 1.82) is 0 Å². The maximum atomic E-state index is 4.32. The number of hydrogen-bond acceptors (Lipinski definition) is 1. The molecule has 1 nitrogen and oxygen atoms in total. The Morgan fingerprint density at radius 2 is 1.64 bits per heavy atom. The van der Waals surface area contributed by atoms with Gasteiger partial charge in [-0.3, -0.25) is 0 Å². The normalized spacial score (nSPS) is 22.5. The van der Waals surface area contributed by atoms with E-state index in [2.05, 4.69) is 62.7 Å². The average molecular weight is 388 g/mol. The molecule has 3 rings (SSSR count). The molecule has 0 saturated heterocycles. The maximum absolute atomic E-state index is 4.32. The van der Waals surface area contributed by atoms with Crippen LogP contribution in [0, 0.1) is 12.8 Å². The van der Waals surface area contributed by atoms with Crippen LogP contribution in [0.25, 0.3) is 0 Å². The molecule has 2 aliphatic rings. The van der Waals surface area contributed by atoms with Crippen LogP contribution in [0.4, 0.5) is 0 Å². The number of allylic oxidation sites excluding steroid dienone is 4. The van der Waals surface area contributed by atoms with Crippen LogP contribution in [0.2, 0.25) is 0 Å². The first-order valence-corrected chi connectivity index (χ1v) is 16.3. The molecule has 0 amide bonds. The van der Waals surface area contributed by atoms with E-state index in [1.165, 1.54) is 37.7 Å². The molecular formula is C22H34NSiTi. The summed E-state index contributed by atoms with van der Waals surface area (Å²) in [6, 6.07) is 9.97. The Hall–Kier alpha value is -0.409. The molecule has 1 atom stereocenters. The topological polar surface area (TPSA) is 12.0 Å². The van der Waals surface area contributed by atoms with Gasteiger partial charge in [-0.05, 0) is 0 Å². The fraction of sp³-hybridized carbons (Fsp3) is 0.545. The summed E-state index contributed by atoms with van der Waals surface area (Å²) in [4.78, 5) is 0. The molecule has 1 unspecified atom stereocenters. The van der Waals surface area contributed by atoms with Gasteiger partial charge in [0, 0.05) is 0 Å². The van der Waals surface area contributed by atoms with Crippen molar-refractivity contribution in [2.24, 2.45) is 5.92 Å². The van der Waals surface area contributed by atoms with Crippen molar-refractivity contribution in [2.75, 3.05) is 0 Å². The van der Waals surface area contributed by atoms with Gasteiger partial charge in [0.1, 0.15) is 0 Å². The summed E-state index contributed by atoms with van der Waals surface area (Å²) in [7, 11) is -0.239. The zero-order chi connectivity index (χ0) is 18.0. The molecule has 0 heterocycles. The Balaban J connectivity index is 1.88. The van der Waals surface area contributed by atoms with E-state index in [-0.39, 0.29) is 7.39 Å². The number of rotatable bonds is 5. The minimum atomic E-state index is -1.42. The summed E-state index contributed by atoms with van der Waals surface area (Å²) >= 11 is -1.42. The second kappa shape index (κ2) is 8.52. The van der Waals surface area contributed by atoms with E-state index in [4.69, 9.17) is 0 Å². The van der Waals surface area contributed by atoms with Crippen molar-refractivity contribution in [1.82, 2.24) is 3.80 Å². The van der Waals surface area contributed by atoms with Gasteiger partial charge in [-0.25, -0.2) is 0 Å². The summed E-state index contributed by atoms with van der Waals surface area (Å²) in [5.41, 5.74) is 6.37. The van der Waals surface area contributed by atoms with E-state index in [9.17, 15) is 0 Å². The third-order valence-electron chi connectivity index (χ3n) is 6.58. The molecule has 0 radical (unpaired) electrons. The van der Waals surface area contributed by atoms with Crippen molar-refractivity contribution < 1.29 is 17.4 Å². The molecule has 1 fully saturated rings. The first-order valence-electron chi connectivity index (χ1n) is 10.0. The third-order valence-corrected chi connectivity index (χ3v) is 17.4. The number of aryl methyl sites for hydroxylation is 1. The predicted octanol–water partition coefficient (Wildman–Crippen LogP) is 4.42. The van der Waals surface area contributed by atoms with E-state index in [1.54, 1.807) is 21.9 Å². The SMILES string of the molecule is CC1=C(C)C(C)[C]([Ti]([NH]C2CCCCC2)[SiH2]c2ccccc2C)=C1C. The molecule has 0 aromatic heterocycles. The van der Waals surface area contributed by atoms with Crippen molar-refractivity contribution in [3.63, 3.8) is 0 Å². The summed E-state index contributed by atoms with van der Waals surface area (Å²) in [6.45, 7) is 11.9. The van der Waals surface area contributed by atoms with Crippen molar-refractivity contribution >= 4 is 12.6 Å². The van der Waals surface area contributed by atoms with Gasteiger partial charge in [0.2, 0.25) is 0 Å². The molecule has 0 spiro atoms. The molecule has 1 aromatic carbocycles. The van der Waals surface area contributed by atoms with Gasteiger partial charge in [-0.1, -0.05) is 0 Å². The second-order valence-corrected chi connectivity index (χ2v) is 16.6. The van der Waals surface area contributed by atoms with Gasteiger partial charge in [-0.2, -0.15) is 0 Å². The zero-order valence-corrected chi connectivity index (χ0v) is 19.7. The van der Waals surface area contributed by atoms with Gasteiger partial charge in [0.25, 0.3) is 0 Å². The quantitative estimate of drug-likeness (QED) is 0.737. The first kappa shape index (κ1) is 19.4. The summed E-state index contributed by atoms with van der Waals surface area (Å²) in [5, 5.41) is 1.70. The second-order valence-electron chi connectivity index (χ2n) is 8.13. The van der Waals surface area contributed by atoms with Gasteiger partial charge in [0.05, 0.1) is 0 Å². The Bertz CT molecular complexity index is 685. The van der Waals surface area contributed by atoms with Crippen LogP contribution in [-0.4, -0.2) is 13.4 Å². The van der Waals surface area contributed by atoms with E-state index >= 15 is 0 Å². The van der Waals surface area contributed by atoms with Gasteiger partial charge < -0.3 is 0 Å². The number of nitrogens with one attached hydrogen (secondary N) is 1. The van der Waals surface area contributed by atoms with Crippen LogP contribution >= 0.6 is 0 Å². The van der Waals surface area contributed by atoms with Crippen molar-refractivity contribution in [2.45, 2.75) is 72.8 Å². The van der Waals surface area contributed by atoms with Gasteiger partial charge in [0.15, 0.2) is 0 Å². The van der Waals surface area contributed by atoms with E-state index in [0.29, 0.717) is 5.92 Å². The van der Waals surface area contributed by atoms with Gasteiger partial charge >= 0.3 is 163 Å². The van der Waals surface area contributed by atoms with Gasteiger partial charge in [-0.15, -0.1) is 0 Å². The van der Waals surface area contributed by atoms with Crippen LogP contribution in [0.15, 0.2) is 44.9 Å². The Morgan fingerprint density at radius 3 is 2.24 bits per heavy atom. The fourth-order valence-corrected chi connectivity index (χ4v) is 18.1. The van der Waals surface area contributed by atoms with E-state index in [0.717, 1.165) is 6.04 Å².